The van der Waals surface area contributed by atoms with Crippen molar-refractivity contribution in [3.05, 3.63) is 51.7 Å². The van der Waals surface area contributed by atoms with Crippen LogP contribution in [-0.2, 0) is 0 Å². The average molecular weight is 406 g/mol. The quantitative estimate of drug-likeness (QED) is 0.558. The Morgan fingerprint density at radius 3 is 2.83 bits per heavy atom. The van der Waals surface area contributed by atoms with Crippen LogP contribution in [0.4, 0.5) is 23.3 Å². The van der Waals surface area contributed by atoms with Crippen molar-refractivity contribution in [2.45, 2.75) is 18.8 Å². The van der Waals surface area contributed by atoms with E-state index in [4.69, 9.17) is 11.6 Å². The van der Waals surface area contributed by atoms with Crippen molar-refractivity contribution in [2.24, 2.45) is 0 Å². The molecule has 0 spiro atoms. The summed E-state index contributed by atoms with van der Waals surface area (Å²) in [4.78, 5) is 8.75. The van der Waals surface area contributed by atoms with Gasteiger partial charge in [-0.05, 0) is 40.9 Å². The van der Waals surface area contributed by atoms with E-state index in [0.29, 0.717) is 28.5 Å². The van der Waals surface area contributed by atoms with E-state index in [-0.39, 0.29) is 0 Å². The van der Waals surface area contributed by atoms with Gasteiger partial charge in [-0.25, -0.2) is 4.98 Å². The number of anilines is 4. The standard InChI is InChI=1S/C16H14BrClN6/c17-10-8-19-16(21-14-7-13(23-24-14)9-5-6-9)22-15(10)20-12-4-2-1-3-11(12)18/h1-4,7-9H,5-6H2,(H3,19,20,21,22,23,24). The SMILES string of the molecule is Clc1ccccc1Nc1nc(Nc2cc(C3CC3)[nH]n2)ncc1Br. The molecule has 1 saturated carbocycles. The monoisotopic (exact) mass is 404 g/mol. The summed E-state index contributed by atoms with van der Waals surface area (Å²) in [5, 5.41) is 14.2. The highest BCUT2D eigenvalue weighted by atomic mass is 79.9. The Bertz CT molecular complexity index is 877. The second kappa shape index (κ2) is 6.41. The van der Waals surface area contributed by atoms with Crippen LogP contribution in [-0.4, -0.2) is 20.2 Å². The third kappa shape index (κ3) is 3.37. The van der Waals surface area contributed by atoms with E-state index < -0.39 is 0 Å². The molecule has 0 amide bonds. The molecule has 2 heterocycles. The Kier molecular flexibility index (Phi) is 4.12. The molecule has 3 aromatic rings. The summed E-state index contributed by atoms with van der Waals surface area (Å²) < 4.78 is 0.744. The molecule has 0 aliphatic heterocycles. The molecule has 1 fully saturated rings. The zero-order chi connectivity index (χ0) is 16.5. The minimum absolute atomic E-state index is 0.460. The molecule has 122 valence electrons. The van der Waals surface area contributed by atoms with Gasteiger partial charge < -0.3 is 10.6 Å². The molecule has 6 nitrogen and oxygen atoms in total. The van der Waals surface area contributed by atoms with Crippen LogP contribution >= 0.6 is 27.5 Å². The highest BCUT2D eigenvalue weighted by Gasteiger charge is 2.25. The van der Waals surface area contributed by atoms with Gasteiger partial charge in [0.2, 0.25) is 5.95 Å². The predicted molar refractivity (Wildman–Crippen MR) is 98.3 cm³/mol. The summed E-state index contributed by atoms with van der Waals surface area (Å²) in [6.07, 6.45) is 4.13. The van der Waals surface area contributed by atoms with Crippen LogP contribution in [0.15, 0.2) is 41.0 Å². The number of rotatable bonds is 5. The first-order valence-corrected chi connectivity index (χ1v) is 8.72. The highest BCUT2D eigenvalue weighted by molar-refractivity contribution is 9.10. The normalized spacial score (nSPS) is 13.8. The molecule has 4 rings (SSSR count). The number of aromatic amines is 1. The molecule has 3 N–H and O–H groups in total. The first-order valence-electron chi connectivity index (χ1n) is 7.55. The molecule has 1 aliphatic carbocycles. The molecule has 1 aromatic carbocycles. The Labute approximate surface area is 152 Å². The average Bonchev–Trinajstić information content (AvgIpc) is 3.33. The molecule has 0 radical (unpaired) electrons. The zero-order valence-electron chi connectivity index (χ0n) is 12.6. The maximum absolute atomic E-state index is 6.18. The first kappa shape index (κ1) is 15.4. The second-order valence-electron chi connectivity index (χ2n) is 5.60. The van der Waals surface area contributed by atoms with E-state index in [2.05, 4.69) is 46.7 Å². The zero-order valence-corrected chi connectivity index (χ0v) is 14.9. The maximum Gasteiger partial charge on any atom is 0.230 e. The number of para-hydroxylation sites is 1. The van der Waals surface area contributed by atoms with Crippen molar-refractivity contribution in [2.75, 3.05) is 10.6 Å². The molecular formula is C16H14BrClN6. The van der Waals surface area contributed by atoms with Crippen LogP contribution in [0.1, 0.15) is 24.5 Å². The van der Waals surface area contributed by atoms with E-state index in [1.807, 2.05) is 30.3 Å². The van der Waals surface area contributed by atoms with Gasteiger partial charge in [0.05, 0.1) is 15.2 Å². The second-order valence-corrected chi connectivity index (χ2v) is 6.86. The van der Waals surface area contributed by atoms with Gasteiger partial charge in [0.15, 0.2) is 5.82 Å². The molecule has 0 atom stereocenters. The number of hydrogen-bond acceptors (Lipinski definition) is 5. The largest absolute Gasteiger partial charge is 0.338 e. The summed E-state index contributed by atoms with van der Waals surface area (Å²) >= 11 is 9.63. The van der Waals surface area contributed by atoms with Crippen molar-refractivity contribution in [3.63, 3.8) is 0 Å². The van der Waals surface area contributed by atoms with Gasteiger partial charge in [0.25, 0.3) is 0 Å². The number of halogens is 2. The fraction of sp³-hybridized carbons (Fsp3) is 0.188. The van der Waals surface area contributed by atoms with E-state index in [1.165, 1.54) is 12.8 Å². The third-order valence-corrected chi connectivity index (χ3v) is 4.64. The van der Waals surface area contributed by atoms with Crippen LogP contribution < -0.4 is 10.6 Å². The lowest BCUT2D eigenvalue weighted by molar-refractivity contribution is 0.965. The van der Waals surface area contributed by atoms with Crippen LogP contribution in [0.5, 0.6) is 0 Å². The highest BCUT2D eigenvalue weighted by Crippen LogP contribution is 2.39. The topological polar surface area (TPSA) is 78.5 Å². The van der Waals surface area contributed by atoms with Gasteiger partial charge in [-0.15, -0.1) is 0 Å². The summed E-state index contributed by atoms with van der Waals surface area (Å²) in [6.45, 7) is 0. The minimum atomic E-state index is 0.460. The van der Waals surface area contributed by atoms with Crippen molar-refractivity contribution in [1.29, 1.82) is 0 Å². The Morgan fingerprint density at radius 1 is 1.21 bits per heavy atom. The summed E-state index contributed by atoms with van der Waals surface area (Å²) in [6, 6.07) is 9.50. The van der Waals surface area contributed by atoms with Crippen LogP contribution in [0.3, 0.4) is 0 Å². The number of nitrogens with zero attached hydrogens (tertiary/aromatic N) is 3. The molecular weight excluding hydrogens is 392 g/mol. The number of hydrogen-bond donors (Lipinski definition) is 3. The molecule has 0 bridgehead atoms. The molecule has 1 aliphatic rings. The fourth-order valence-electron chi connectivity index (χ4n) is 2.32. The van der Waals surface area contributed by atoms with E-state index in [9.17, 15) is 0 Å². The van der Waals surface area contributed by atoms with Gasteiger partial charge in [-0.3, -0.25) is 5.10 Å². The Balaban J connectivity index is 1.55. The Morgan fingerprint density at radius 2 is 2.04 bits per heavy atom. The molecule has 8 heteroatoms. The van der Waals surface area contributed by atoms with E-state index >= 15 is 0 Å². The van der Waals surface area contributed by atoms with Gasteiger partial charge in [0, 0.05) is 23.9 Å². The fourth-order valence-corrected chi connectivity index (χ4v) is 2.80. The summed E-state index contributed by atoms with van der Waals surface area (Å²) in [5.74, 6) is 2.42. The van der Waals surface area contributed by atoms with Crippen LogP contribution in [0.2, 0.25) is 5.02 Å². The predicted octanol–water partition coefficient (Wildman–Crippen LogP) is 4.98. The molecule has 2 aromatic heterocycles. The van der Waals surface area contributed by atoms with Gasteiger partial charge in [-0.1, -0.05) is 23.7 Å². The smallest absolute Gasteiger partial charge is 0.230 e. The lowest BCUT2D eigenvalue weighted by Gasteiger charge is -2.10. The number of benzene rings is 1. The minimum Gasteiger partial charge on any atom is -0.338 e. The third-order valence-electron chi connectivity index (χ3n) is 3.73. The lowest BCUT2D eigenvalue weighted by Crippen LogP contribution is -2.02. The summed E-state index contributed by atoms with van der Waals surface area (Å²) in [5.41, 5.74) is 1.93. The first-order chi connectivity index (χ1) is 11.7. The number of aromatic nitrogens is 4. The van der Waals surface area contributed by atoms with Crippen LogP contribution in [0, 0.1) is 0 Å². The number of H-pyrrole nitrogens is 1. The summed E-state index contributed by atoms with van der Waals surface area (Å²) in [7, 11) is 0. The van der Waals surface area contributed by atoms with Crippen LogP contribution in [0.25, 0.3) is 0 Å². The molecule has 0 unspecified atom stereocenters. The molecule has 24 heavy (non-hydrogen) atoms. The Hall–Kier alpha value is -2.12. The van der Waals surface area contributed by atoms with E-state index in [0.717, 1.165) is 15.9 Å². The van der Waals surface area contributed by atoms with Gasteiger partial charge in [-0.2, -0.15) is 10.1 Å². The number of nitrogens with one attached hydrogen (secondary N) is 3. The van der Waals surface area contributed by atoms with Crippen molar-refractivity contribution in [3.8, 4) is 0 Å². The molecule has 0 saturated heterocycles. The van der Waals surface area contributed by atoms with Crippen molar-refractivity contribution in [1.82, 2.24) is 20.2 Å². The maximum atomic E-state index is 6.18. The van der Waals surface area contributed by atoms with E-state index in [1.54, 1.807) is 6.20 Å². The van der Waals surface area contributed by atoms with Crippen molar-refractivity contribution < 1.29 is 0 Å². The van der Waals surface area contributed by atoms with Crippen molar-refractivity contribution >= 4 is 50.8 Å². The van der Waals surface area contributed by atoms with Gasteiger partial charge in [0.1, 0.15) is 5.82 Å². The lowest BCUT2D eigenvalue weighted by atomic mass is 10.3. The van der Waals surface area contributed by atoms with Gasteiger partial charge >= 0.3 is 0 Å².